The Kier molecular flexibility index (Phi) is 8.19. The molecule has 2 aromatic heterocycles. The highest BCUT2D eigenvalue weighted by molar-refractivity contribution is 6.10. The molecular weight excluding hydrogens is 556 g/mol. The van der Waals surface area contributed by atoms with Crippen LogP contribution >= 0.6 is 0 Å². The quantitative estimate of drug-likeness (QED) is 0.140. The van der Waals surface area contributed by atoms with Crippen molar-refractivity contribution in [2.24, 2.45) is 11.8 Å². The minimum atomic E-state index is -1.71. The highest BCUT2D eigenvalue weighted by Gasteiger charge is 2.47. The number of phenols is 1. The van der Waals surface area contributed by atoms with Gasteiger partial charge in [0.15, 0.2) is 6.29 Å². The van der Waals surface area contributed by atoms with E-state index in [0.29, 0.717) is 21.8 Å². The fourth-order valence-corrected chi connectivity index (χ4v) is 5.40. The molecule has 4 heterocycles. The Morgan fingerprint density at radius 2 is 1.88 bits per heavy atom. The van der Waals surface area contributed by atoms with Crippen molar-refractivity contribution < 1.29 is 59.2 Å². The van der Waals surface area contributed by atoms with Crippen LogP contribution < -0.4 is 0 Å². The van der Waals surface area contributed by atoms with E-state index in [9.17, 15) is 40.2 Å². The molecule has 0 saturated carbocycles. The predicted molar refractivity (Wildman–Crippen MR) is 143 cm³/mol. The molecule has 0 aliphatic carbocycles. The lowest BCUT2D eigenvalue weighted by Gasteiger charge is -2.43. The van der Waals surface area contributed by atoms with Gasteiger partial charge in [-0.1, -0.05) is 6.08 Å². The summed E-state index contributed by atoms with van der Waals surface area (Å²) in [4.78, 5) is 32.4. The van der Waals surface area contributed by atoms with Crippen molar-refractivity contribution in [3.05, 3.63) is 60.1 Å². The highest BCUT2D eigenvalue weighted by atomic mass is 16.8. The zero-order chi connectivity index (χ0) is 30.3. The number of rotatable bonds is 8. The summed E-state index contributed by atoms with van der Waals surface area (Å²) in [5, 5.41) is 61.2. The van der Waals surface area contributed by atoms with Crippen molar-refractivity contribution in [3.63, 3.8) is 0 Å². The van der Waals surface area contributed by atoms with E-state index < -0.39 is 67.4 Å². The van der Waals surface area contributed by atoms with E-state index in [1.165, 1.54) is 31.4 Å². The number of methoxy groups -OCH3 is 1. The summed E-state index contributed by atoms with van der Waals surface area (Å²) in [7, 11) is 1.19. The van der Waals surface area contributed by atoms with Crippen molar-refractivity contribution >= 4 is 33.7 Å². The molecule has 0 bridgehead atoms. The van der Waals surface area contributed by atoms with E-state index in [-0.39, 0.29) is 29.1 Å². The highest BCUT2D eigenvalue weighted by Crippen LogP contribution is 2.39. The van der Waals surface area contributed by atoms with Crippen LogP contribution in [0.1, 0.15) is 16.2 Å². The fraction of sp³-hybridized carbons (Fsp3) is 0.393. The van der Waals surface area contributed by atoms with E-state index in [2.05, 4.69) is 16.5 Å². The SMILES string of the molecule is C=C[C@@H]1[C@H](O[C@@H]2O[C@H](CO)[C@@H](O)[C@H](O)[C@H]2O)OC=C(C(=O)OC)[C@@H]1Cc1nc(C(=O)O)cc2c1[nH]c1ccc(O)cc12. The minimum absolute atomic E-state index is 0.0149. The zero-order valence-electron chi connectivity index (χ0n) is 22.3. The zero-order valence-corrected chi connectivity index (χ0v) is 22.3. The van der Waals surface area contributed by atoms with E-state index in [0.717, 1.165) is 6.26 Å². The molecule has 8 atom stereocenters. The van der Waals surface area contributed by atoms with Gasteiger partial charge in [-0.3, -0.25) is 0 Å². The Hall–Kier alpha value is -4.05. The van der Waals surface area contributed by atoms with Gasteiger partial charge >= 0.3 is 11.9 Å². The maximum atomic E-state index is 12.8. The van der Waals surface area contributed by atoms with Gasteiger partial charge in [-0.05, 0) is 30.7 Å². The monoisotopic (exact) mass is 586 g/mol. The summed E-state index contributed by atoms with van der Waals surface area (Å²) < 4.78 is 21.9. The van der Waals surface area contributed by atoms with Crippen LogP contribution in [0.4, 0.5) is 0 Å². The maximum absolute atomic E-state index is 12.8. The largest absolute Gasteiger partial charge is 0.508 e. The van der Waals surface area contributed by atoms with Crippen molar-refractivity contribution in [2.75, 3.05) is 13.7 Å². The number of phenolic OH excluding ortho intramolecular Hbond substituents is 1. The second kappa shape index (κ2) is 11.7. The topological polar surface area (TPSA) is 221 Å². The summed E-state index contributed by atoms with van der Waals surface area (Å²) in [5.41, 5.74) is 1.18. The van der Waals surface area contributed by atoms with Crippen LogP contribution in [0, 0.1) is 11.8 Å². The van der Waals surface area contributed by atoms with Gasteiger partial charge in [-0.2, -0.15) is 0 Å². The molecule has 2 aliphatic rings. The lowest BCUT2D eigenvalue weighted by Crippen LogP contribution is -2.60. The number of aromatic nitrogens is 2. The number of aromatic carboxylic acids is 1. The molecular formula is C28H30N2O12. The number of carboxylic acid groups (broad SMARTS) is 1. The van der Waals surface area contributed by atoms with Gasteiger partial charge in [-0.25, -0.2) is 14.6 Å². The Labute approximate surface area is 238 Å². The molecule has 1 aromatic carbocycles. The van der Waals surface area contributed by atoms with E-state index in [1.54, 1.807) is 6.07 Å². The number of pyridine rings is 1. The molecule has 1 saturated heterocycles. The van der Waals surface area contributed by atoms with Crippen molar-refractivity contribution in [2.45, 2.75) is 43.4 Å². The fourth-order valence-electron chi connectivity index (χ4n) is 5.40. The van der Waals surface area contributed by atoms with Crippen LogP contribution in [-0.4, -0.2) is 103 Å². The molecule has 0 unspecified atom stereocenters. The molecule has 3 aromatic rings. The molecule has 42 heavy (non-hydrogen) atoms. The van der Waals surface area contributed by atoms with Crippen molar-refractivity contribution in [1.82, 2.24) is 9.97 Å². The number of aromatic hydroxyl groups is 1. The average Bonchev–Trinajstić information content (AvgIpc) is 3.35. The number of esters is 1. The minimum Gasteiger partial charge on any atom is -0.508 e. The number of aliphatic hydroxyl groups is 4. The van der Waals surface area contributed by atoms with Gasteiger partial charge in [0.1, 0.15) is 35.9 Å². The van der Waals surface area contributed by atoms with E-state index >= 15 is 0 Å². The van der Waals surface area contributed by atoms with Gasteiger partial charge in [0, 0.05) is 28.1 Å². The van der Waals surface area contributed by atoms with Crippen LogP contribution in [0.15, 0.2) is 48.8 Å². The third-order valence-corrected chi connectivity index (χ3v) is 7.60. The van der Waals surface area contributed by atoms with Gasteiger partial charge in [0.25, 0.3) is 0 Å². The van der Waals surface area contributed by atoms with Gasteiger partial charge in [0.05, 0.1) is 36.8 Å². The number of aromatic amines is 1. The second-order valence-corrected chi connectivity index (χ2v) is 10.1. The molecule has 5 rings (SSSR count). The summed E-state index contributed by atoms with van der Waals surface area (Å²) in [6.45, 7) is 3.18. The Morgan fingerprint density at radius 3 is 2.55 bits per heavy atom. The molecule has 0 spiro atoms. The number of hydrogen-bond donors (Lipinski definition) is 7. The molecule has 0 amide bonds. The lowest BCUT2D eigenvalue weighted by molar-refractivity contribution is -0.339. The van der Waals surface area contributed by atoms with Crippen LogP contribution in [0.3, 0.4) is 0 Å². The standard InChI is InChI=1S/C28H30N2O12/c1-3-12-13(7-18-21-15(8-19(29-18)25(36)37)14-6-11(32)4-5-17(14)30-21)16(26(38)39-2)10-40-27(12)42-28-24(35)23(34)22(33)20(9-31)41-28/h3-6,8,10,12-13,20,22-24,27-28,30-35H,1,7,9H2,2H3,(H,36,37)/t12-,13+,20+,22+,23-,24+,27-,28-/m0/s1. The third kappa shape index (κ3) is 5.19. The molecule has 1 fully saturated rings. The first-order valence-electron chi connectivity index (χ1n) is 13.0. The van der Waals surface area contributed by atoms with Gasteiger partial charge in [0.2, 0.25) is 6.29 Å². The normalized spacial score (nSPS) is 29.6. The van der Waals surface area contributed by atoms with Crippen molar-refractivity contribution in [3.8, 4) is 5.75 Å². The smallest absolute Gasteiger partial charge is 0.354 e. The van der Waals surface area contributed by atoms with Crippen LogP contribution in [0.25, 0.3) is 21.8 Å². The number of carboxylic acids is 1. The van der Waals surface area contributed by atoms with Crippen LogP contribution in [0.2, 0.25) is 0 Å². The Balaban J connectivity index is 1.55. The number of H-pyrrole nitrogens is 1. The van der Waals surface area contributed by atoms with Crippen molar-refractivity contribution in [1.29, 1.82) is 0 Å². The van der Waals surface area contributed by atoms with Gasteiger partial charge < -0.3 is 54.6 Å². The summed E-state index contributed by atoms with van der Waals surface area (Å²) in [6.07, 6.45) is -6.50. The summed E-state index contributed by atoms with van der Waals surface area (Å²) in [6, 6.07) is 6.00. The number of ether oxygens (including phenoxy) is 4. The number of carbonyl (C=O) groups is 2. The number of nitrogens with zero attached hydrogens (tertiary/aromatic N) is 1. The number of benzene rings is 1. The molecule has 7 N–H and O–H groups in total. The number of carbonyl (C=O) groups excluding carboxylic acids is 1. The first-order valence-corrected chi connectivity index (χ1v) is 13.0. The predicted octanol–water partition coefficient (Wildman–Crippen LogP) is 0.311. The lowest BCUT2D eigenvalue weighted by atomic mass is 9.80. The summed E-state index contributed by atoms with van der Waals surface area (Å²) in [5.74, 6) is -3.68. The van der Waals surface area contributed by atoms with E-state index in [4.69, 9.17) is 18.9 Å². The molecule has 224 valence electrons. The molecule has 14 heteroatoms. The third-order valence-electron chi connectivity index (χ3n) is 7.60. The number of nitrogens with one attached hydrogen (secondary N) is 1. The van der Waals surface area contributed by atoms with Gasteiger partial charge in [-0.15, -0.1) is 6.58 Å². The molecule has 14 nitrogen and oxygen atoms in total. The molecule has 2 aliphatic heterocycles. The average molecular weight is 587 g/mol. The second-order valence-electron chi connectivity index (χ2n) is 10.1. The maximum Gasteiger partial charge on any atom is 0.354 e. The first kappa shape index (κ1) is 29.4. The molecule has 0 radical (unpaired) electrons. The summed E-state index contributed by atoms with van der Waals surface area (Å²) >= 11 is 0. The number of hydrogen-bond acceptors (Lipinski definition) is 12. The number of fused-ring (bicyclic) bond motifs is 3. The first-order chi connectivity index (χ1) is 20.1. The Bertz CT molecular complexity index is 1550. The van der Waals surface area contributed by atoms with Crippen LogP contribution in [0.5, 0.6) is 5.75 Å². The Morgan fingerprint density at radius 1 is 1.12 bits per heavy atom. The number of aliphatic hydroxyl groups excluding tert-OH is 4. The van der Waals surface area contributed by atoms with Crippen LogP contribution in [-0.2, 0) is 30.2 Å². The van der Waals surface area contributed by atoms with E-state index in [1.807, 2.05) is 0 Å².